The lowest BCUT2D eigenvalue weighted by molar-refractivity contribution is -0.133. The van der Waals surface area contributed by atoms with E-state index in [4.69, 9.17) is 5.73 Å². The molecule has 1 aliphatic carbocycles. The molecule has 1 saturated carbocycles. The van der Waals surface area contributed by atoms with Crippen LogP contribution in [0.1, 0.15) is 39.0 Å². The average Bonchev–Trinajstić information content (AvgIpc) is 2.53. The van der Waals surface area contributed by atoms with E-state index in [1.807, 2.05) is 0 Å². The molecular formula is C12H22N2O. The number of nitrogens with two attached hydrogens (primary N) is 1. The molecule has 2 atom stereocenters. The van der Waals surface area contributed by atoms with E-state index < -0.39 is 0 Å². The van der Waals surface area contributed by atoms with Crippen molar-refractivity contribution in [1.82, 2.24) is 4.90 Å². The van der Waals surface area contributed by atoms with Gasteiger partial charge in [-0.15, -0.1) is 0 Å². The quantitative estimate of drug-likeness (QED) is 0.764. The second-order valence-electron chi connectivity index (χ2n) is 5.23. The molecular weight excluding hydrogens is 188 g/mol. The van der Waals surface area contributed by atoms with Crippen molar-refractivity contribution >= 4 is 5.91 Å². The van der Waals surface area contributed by atoms with Crippen molar-refractivity contribution in [3.8, 4) is 0 Å². The van der Waals surface area contributed by atoms with Crippen molar-refractivity contribution in [1.29, 1.82) is 0 Å². The predicted molar refractivity (Wildman–Crippen MR) is 60.3 cm³/mol. The summed E-state index contributed by atoms with van der Waals surface area (Å²) in [6.45, 7) is 3.76. The molecule has 0 bridgehead atoms. The minimum absolute atomic E-state index is 0.364. The first-order valence-electron chi connectivity index (χ1n) is 6.20. The Labute approximate surface area is 92.0 Å². The number of amides is 1. The Hall–Kier alpha value is -0.570. The van der Waals surface area contributed by atoms with Gasteiger partial charge in [-0.2, -0.15) is 0 Å². The van der Waals surface area contributed by atoms with Crippen LogP contribution in [0.3, 0.4) is 0 Å². The number of carbonyl (C=O) groups is 1. The zero-order chi connectivity index (χ0) is 10.8. The normalized spacial score (nSPS) is 31.7. The van der Waals surface area contributed by atoms with Gasteiger partial charge in [0.1, 0.15) is 0 Å². The van der Waals surface area contributed by atoms with Gasteiger partial charge in [0.25, 0.3) is 0 Å². The Kier molecular flexibility index (Phi) is 3.29. The van der Waals surface area contributed by atoms with Crippen molar-refractivity contribution in [2.75, 3.05) is 13.1 Å². The minimum atomic E-state index is 0.364. The lowest BCUT2D eigenvalue weighted by Gasteiger charge is -2.28. The fraction of sp³-hybridized carbons (Fsp3) is 0.917. The van der Waals surface area contributed by atoms with E-state index >= 15 is 0 Å². The number of hydrogen-bond donors (Lipinski definition) is 1. The monoisotopic (exact) mass is 210 g/mol. The fourth-order valence-electron chi connectivity index (χ4n) is 2.72. The molecule has 2 aliphatic rings. The van der Waals surface area contributed by atoms with Gasteiger partial charge in [-0.1, -0.05) is 6.42 Å². The molecule has 1 heterocycles. The first-order chi connectivity index (χ1) is 7.20. The molecule has 1 amide bonds. The second kappa shape index (κ2) is 4.52. The predicted octanol–water partition coefficient (Wildman–Crippen LogP) is 1.37. The third-order valence-corrected chi connectivity index (χ3v) is 4.00. The van der Waals surface area contributed by atoms with Gasteiger partial charge in [0.05, 0.1) is 0 Å². The number of carbonyl (C=O) groups excluding carboxylic acids is 1. The average molecular weight is 210 g/mol. The van der Waals surface area contributed by atoms with Crippen molar-refractivity contribution in [2.45, 2.75) is 45.1 Å². The molecule has 1 saturated heterocycles. The largest absolute Gasteiger partial charge is 0.340 e. The molecule has 0 aromatic rings. The Morgan fingerprint density at radius 1 is 1.40 bits per heavy atom. The molecule has 0 aromatic heterocycles. The van der Waals surface area contributed by atoms with E-state index in [2.05, 4.69) is 11.8 Å². The van der Waals surface area contributed by atoms with Crippen LogP contribution < -0.4 is 5.73 Å². The van der Waals surface area contributed by atoms with Gasteiger partial charge in [0.2, 0.25) is 5.91 Å². The fourth-order valence-corrected chi connectivity index (χ4v) is 2.72. The first kappa shape index (κ1) is 10.9. The van der Waals surface area contributed by atoms with E-state index in [-0.39, 0.29) is 0 Å². The maximum absolute atomic E-state index is 12.0. The van der Waals surface area contributed by atoms with Gasteiger partial charge < -0.3 is 10.6 Å². The summed E-state index contributed by atoms with van der Waals surface area (Å²) in [6, 6.07) is 0.408. The minimum Gasteiger partial charge on any atom is -0.340 e. The summed E-state index contributed by atoms with van der Waals surface area (Å²) in [4.78, 5) is 14.1. The number of rotatable bonds is 3. The van der Waals surface area contributed by atoms with Gasteiger partial charge in [0.15, 0.2) is 0 Å². The van der Waals surface area contributed by atoms with Crippen LogP contribution >= 0.6 is 0 Å². The molecule has 15 heavy (non-hydrogen) atoms. The second-order valence-corrected chi connectivity index (χ2v) is 5.23. The Bertz CT molecular complexity index is 238. The highest BCUT2D eigenvalue weighted by molar-refractivity contribution is 5.77. The summed E-state index contributed by atoms with van der Waals surface area (Å²) >= 11 is 0. The highest BCUT2D eigenvalue weighted by atomic mass is 16.2. The number of nitrogens with zero attached hydrogens (tertiary/aromatic N) is 1. The molecule has 2 fully saturated rings. The molecule has 86 valence electrons. The van der Waals surface area contributed by atoms with E-state index in [1.165, 1.54) is 19.3 Å². The lowest BCUT2D eigenvalue weighted by Crippen LogP contribution is -2.36. The summed E-state index contributed by atoms with van der Waals surface area (Å²) in [5.41, 5.74) is 5.66. The van der Waals surface area contributed by atoms with Crippen LogP contribution in [-0.4, -0.2) is 29.9 Å². The van der Waals surface area contributed by atoms with Gasteiger partial charge in [-0.25, -0.2) is 0 Å². The summed E-state index contributed by atoms with van der Waals surface area (Å²) in [6.07, 6.45) is 5.70. The van der Waals surface area contributed by atoms with E-state index in [9.17, 15) is 4.79 Å². The molecule has 3 nitrogen and oxygen atoms in total. The third kappa shape index (κ3) is 2.33. The number of hydrogen-bond acceptors (Lipinski definition) is 2. The zero-order valence-corrected chi connectivity index (χ0v) is 9.61. The van der Waals surface area contributed by atoms with Crippen LogP contribution in [-0.2, 0) is 4.79 Å². The molecule has 3 heteroatoms. The topological polar surface area (TPSA) is 46.3 Å². The van der Waals surface area contributed by atoms with Crippen molar-refractivity contribution in [3.05, 3.63) is 0 Å². The maximum Gasteiger partial charge on any atom is 0.223 e. The zero-order valence-electron chi connectivity index (χ0n) is 9.61. The SMILES string of the molecule is CC1CC(CN)CN1C(=O)CC1CCC1. The Morgan fingerprint density at radius 2 is 2.13 bits per heavy atom. The summed E-state index contributed by atoms with van der Waals surface area (Å²) in [5.74, 6) is 1.58. The first-order valence-corrected chi connectivity index (χ1v) is 6.20. The highest BCUT2D eigenvalue weighted by Crippen LogP contribution is 2.31. The molecule has 1 aliphatic heterocycles. The highest BCUT2D eigenvalue weighted by Gasteiger charge is 2.33. The van der Waals surface area contributed by atoms with Gasteiger partial charge >= 0.3 is 0 Å². The standard InChI is InChI=1S/C12H22N2O/c1-9-5-11(7-13)8-14(9)12(15)6-10-3-2-4-10/h9-11H,2-8,13H2,1H3. The van der Waals surface area contributed by atoms with Gasteiger partial charge in [-0.3, -0.25) is 4.79 Å². The Morgan fingerprint density at radius 3 is 2.60 bits per heavy atom. The van der Waals surface area contributed by atoms with Crippen molar-refractivity contribution in [3.63, 3.8) is 0 Å². The van der Waals surface area contributed by atoms with Gasteiger partial charge in [0, 0.05) is 19.0 Å². The summed E-state index contributed by atoms with van der Waals surface area (Å²) < 4.78 is 0. The van der Waals surface area contributed by atoms with Crippen LogP contribution in [0.5, 0.6) is 0 Å². The molecule has 0 radical (unpaired) electrons. The Balaban J connectivity index is 1.83. The van der Waals surface area contributed by atoms with E-state index in [0.29, 0.717) is 23.8 Å². The lowest BCUT2D eigenvalue weighted by atomic mass is 9.82. The third-order valence-electron chi connectivity index (χ3n) is 4.00. The van der Waals surface area contributed by atoms with Crippen molar-refractivity contribution < 1.29 is 4.79 Å². The number of likely N-dealkylation sites (tertiary alicyclic amines) is 1. The van der Waals surface area contributed by atoms with Crippen LogP contribution in [0.25, 0.3) is 0 Å². The molecule has 2 unspecified atom stereocenters. The van der Waals surface area contributed by atoms with Crippen molar-refractivity contribution in [2.24, 2.45) is 17.6 Å². The molecule has 0 spiro atoms. The van der Waals surface area contributed by atoms with E-state index in [1.54, 1.807) is 0 Å². The molecule has 2 rings (SSSR count). The van der Waals surface area contributed by atoms with Crippen LogP contribution in [0.4, 0.5) is 0 Å². The smallest absolute Gasteiger partial charge is 0.223 e. The molecule has 0 aromatic carbocycles. The van der Waals surface area contributed by atoms with Gasteiger partial charge in [-0.05, 0) is 44.6 Å². The van der Waals surface area contributed by atoms with Crippen LogP contribution in [0, 0.1) is 11.8 Å². The van der Waals surface area contributed by atoms with E-state index in [0.717, 1.165) is 25.9 Å². The maximum atomic E-state index is 12.0. The summed E-state index contributed by atoms with van der Waals surface area (Å²) in [5, 5.41) is 0. The van der Waals surface area contributed by atoms with Crippen LogP contribution in [0.2, 0.25) is 0 Å². The molecule has 2 N–H and O–H groups in total. The van der Waals surface area contributed by atoms with Crippen LogP contribution in [0.15, 0.2) is 0 Å². The summed E-state index contributed by atoms with van der Waals surface area (Å²) in [7, 11) is 0.